The molecular formula is C8H11BrN2OS. The molecule has 1 unspecified atom stereocenters. The zero-order valence-electron chi connectivity index (χ0n) is 7.45. The van der Waals surface area contributed by atoms with Crippen LogP contribution >= 0.6 is 27.3 Å². The Morgan fingerprint density at radius 1 is 1.69 bits per heavy atom. The average molecular weight is 263 g/mol. The highest BCUT2D eigenvalue weighted by Gasteiger charge is 2.18. The minimum Gasteiger partial charge on any atom is -0.283 e. The summed E-state index contributed by atoms with van der Waals surface area (Å²) >= 11 is 4.90. The van der Waals surface area contributed by atoms with Crippen molar-refractivity contribution in [3.8, 4) is 0 Å². The molecule has 0 aliphatic heterocycles. The Balaban J connectivity index is 2.79. The van der Waals surface area contributed by atoms with Crippen LogP contribution in [0.4, 0.5) is 0 Å². The maximum Gasteiger partial charge on any atom is 0.244 e. The molecule has 1 heterocycles. The van der Waals surface area contributed by atoms with E-state index in [0.29, 0.717) is 0 Å². The van der Waals surface area contributed by atoms with Crippen LogP contribution in [0.2, 0.25) is 0 Å². The highest BCUT2D eigenvalue weighted by Crippen LogP contribution is 2.28. The van der Waals surface area contributed by atoms with E-state index in [1.807, 2.05) is 19.1 Å². The predicted octanol–water partition coefficient (Wildman–Crippen LogP) is 1.95. The largest absolute Gasteiger partial charge is 0.283 e. The van der Waals surface area contributed by atoms with Crippen molar-refractivity contribution in [2.24, 2.45) is 5.84 Å². The summed E-state index contributed by atoms with van der Waals surface area (Å²) in [5.41, 5.74) is 0. The first kappa shape index (κ1) is 10.7. The molecule has 1 atom stereocenters. The number of hydrazine groups is 1. The van der Waals surface area contributed by atoms with Crippen LogP contribution in [-0.2, 0) is 4.79 Å². The lowest BCUT2D eigenvalue weighted by molar-refractivity contribution is -0.131. The number of thiophene rings is 1. The van der Waals surface area contributed by atoms with Crippen LogP contribution in [0.25, 0.3) is 0 Å². The Morgan fingerprint density at radius 2 is 2.31 bits per heavy atom. The third-order valence-corrected chi connectivity index (χ3v) is 3.55. The third kappa shape index (κ3) is 2.52. The quantitative estimate of drug-likeness (QED) is 0.503. The number of rotatable bonds is 2. The number of nitrogens with zero attached hydrogens (tertiary/aromatic N) is 1. The Hall–Kier alpha value is -0.390. The molecule has 0 radical (unpaired) electrons. The van der Waals surface area contributed by atoms with Gasteiger partial charge in [-0.2, -0.15) is 0 Å². The maximum atomic E-state index is 11.4. The Labute approximate surface area is 89.6 Å². The molecule has 0 spiro atoms. The topological polar surface area (TPSA) is 46.3 Å². The van der Waals surface area contributed by atoms with Crippen LogP contribution in [0, 0.1) is 0 Å². The van der Waals surface area contributed by atoms with Crippen molar-refractivity contribution >= 4 is 33.2 Å². The zero-order valence-corrected chi connectivity index (χ0v) is 9.85. The summed E-state index contributed by atoms with van der Waals surface area (Å²) in [6, 6.07) is 3.86. The van der Waals surface area contributed by atoms with Crippen LogP contribution < -0.4 is 5.84 Å². The van der Waals surface area contributed by atoms with Crippen LogP contribution in [0.3, 0.4) is 0 Å². The molecule has 0 aliphatic rings. The van der Waals surface area contributed by atoms with Gasteiger partial charge in [0.1, 0.15) is 0 Å². The third-order valence-electron chi connectivity index (χ3n) is 1.74. The number of hydrogen-bond acceptors (Lipinski definition) is 3. The lowest BCUT2D eigenvalue weighted by Gasteiger charge is -2.14. The number of nitrogens with two attached hydrogens (primary N) is 1. The van der Waals surface area contributed by atoms with Gasteiger partial charge in [-0.15, -0.1) is 11.3 Å². The minimum atomic E-state index is -0.161. The van der Waals surface area contributed by atoms with Gasteiger partial charge in [0.25, 0.3) is 0 Å². The number of carbonyl (C=O) groups is 1. The lowest BCUT2D eigenvalue weighted by Crippen LogP contribution is -2.35. The highest BCUT2D eigenvalue weighted by molar-refractivity contribution is 9.11. The SMILES string of the molecule is CC(C(=O)N(C)N)c1ccc(Br)s1. The molecule has 0 fully saturated rings. The van der Waals surface area contributed by atoms with E-state index in [4.69, 9.17) is 5.84 Å². The van der Waals surface area contributed by atoms with Gasteiger partial charge in [0, 0.05) is 11.9 Å². The summed E-state index contributed by atoms with van der Waals surface area (Å²) < 4.78 is 1.03. The summed E-state index contributed by atoms with van der Waals surface area (Å²) in [5.74, 6) is 5.12. The normalized spacial score (nSPS) is 12.6. The number of halogens is 1. The van der Waals surface area contributed by atoms with Gasteiger partial charge in [-0.25, -0.2) is 5.84 Å². The number of likely N-dealkylation sites (N-methyl/N-ethyl adjacent to an activating group) is 1. The maximum absolute atomic E-state index is 11.4. The fourth-order valence-electron chi connectivity index (χ4n) is 0.988. The molecule has 13 heavy (non-hydrogen) atoms. The number of amides is 1. The van der Waals surface area contributed by atoms with Gasteiger partial charge in [-0.05, 0) is 35.0 Å². The van der Waals surface area contributed by atoms with Crippen LogP contribution in [0.1, 0.15) is 17.7 Å². The van der Waals surface area contributed by atoms with Crippen molar-refractivity contribution in [3.05, 3.63) is 20.8 Å². The van der Waals surface area contributed by atoms with E-state index in [2.05, 4.69) is 15.9 Å². The lowest BCUT2D eigenvalue weighted by atomic mass is 10.1. The van der Waals surface area contributed by atoms with Crippen molar-refractivity contribution in [2.45, 2.75) is 12.8 Å². The Morgan fingerprint density at radius 3 is 2.69 bits per heavy atom. The van der Waals surface area contributed by atoms with E-state index in [9.17, 15) is 4.79 Å². The first-order valence-electron chi connectivity index (χ1n) is 3.80. The first-order valence-corrected chi connectivity index (χ1v) is 5.41. The molecule has 72 valence electrons. The van der Waals surface area contributed by atoms with Crippen LogP contribution in [0.5, 0.6) is 0 Å². The van der Waals surface area contributed by atoms with Crippen LogP contribution in [0.15, 0.2) is 15.9 Å². The molecule has 1 rings (SSSR count). The summed E-state index contributed by atoms with van der Waals surface area (Å²) in [6.45, 7) is 1.85. The summed E-state index contributed by atoms with van der Waals surface area (Å²) in [6.07, 6.45) is 0. The van der Waals surface area contributed by atoms with E-state index in [1.165, 1.54) is 0 Å². The second kappa shape index (κ2) is 4.21. The molecule has 2 N–H and O–H groups in total. The molecule has 0 bridgehead atoms. The molecule has 0 aromatic carbocycles. The molecule has 0 saturated carbocycles. The van der Waals surface area contributed by atoms with Crippen molar-refractivity contribution in [3.63, 3.8) is 0 Å². The highest BCUT2D eigenvalue weighted by atomic mass is 79.9. The molecule has 1 aromatic rings. The summed E-state index contributed by atoms with van der Waals surface area (Å²) in [5, 5.41) is 1.12. The number of hydrogen-bond donors (Lipinski definition) is 1. The zero-order chi connectivity index (χ0) is 10.0. The minimum absolute atomic E-state index is 0.0747. The monoisotopic (exact) mass is 262 g/mol. The van der Waals surface area contributed by atoms with Gasteiger partial charge in [0.15, 0.2) is 0 Å². The molecule has 5 heteroatoms. The van der Waals surface area contributed by atoms with Crippen LogP contribution in [-0.4, -0.2) is 18.0 Å². The predicted molar refractivity (Wildman–Crippen MR) is 57.4 cm³/mol. The average Bonchev–Trinajstić information content (AvgIpc) is 2.49. The van der Waals surface area contributed by atoms with Gasteiger partial charge in [-0.1, -0.05) is 0 Å². The molecule has 0 saturated heterocycles. The fraction of sp³-hybridized carbons (Fsp3) is 0.375. The van der Waals surface area contributed by atoms with E-state index in [-0.39, 0.29) is 11.8 Å². The second-order valence-corrected chi connectivity index (χ2v) is 5.31. The molecular weight excluding hydrogens is 252 g/mol. The van der Waals surface area contributed by atoms with E-state index in [1.54, 1.807) is 18.4 Å². The fourth-order valence-corrected chi connectivity index (χ4v) is 2.46. The van der Waals surface area contributed by atoms with Gasteiger partial charge >= 0.3 is 0 Å². The van der Waals surface area contributed by atoms with Crippen molar-refractivity contribution in [1.82, 2.24) is 5.01 Å². The summed E-state index contributed by atoms with van der Waals surface area (Å²) in [4.78, 5) is 12.5. The van der Waals surface area contributed by atoms with Crippen molar-refractivity contribution in [2.75, 3.05) is 7.05 Å². The Bertz CT molecular complexity index is 311. The summed E-state index contributed by atoms with van der Waals surface area (Å²) in [7, 11) is 1.56. The van der Waals surface area contributed by atoms with E-state index >= 15 is 0 Å². The van der Waals surface area contributed by atoms with Gasteiger partial charge in [0.05, 0.1) is 9.70 Å². The standard InChI is InChI=1S/C8H11BrN2OS/c1-5(8(12)11(2)10)6-3-4-7(9)13-6/h3-5H,10H2,1-2H3. The van der Waals surface area contributed by atoms with E-state index < -0.39 is 0 Å². The van der Waals surface area contributed by atoms with Crippen molar-refractivity contribution < 1.29 is 4.79 Å². The molecule has 1 aromatic heterocycles. The molecule has 1 amide bonds. The van der Waals surface area contributed by atoms with Crippen molar-refractivity contribution in [1.29, 1.82) is 0 Å². The van der Waals surface area contributed by atoms with Gasteiger partial charge in [-0.3, -0.25) is 9.80 Å². The second-order valence-electron chi connectivity index (χ2n) is 2.81. The van der Waals surface area contributed by atoms with Gasteiger partial charge in [0.2, 0.25) is 5.91 Å². The first-order chi connectivity index (χ1) is 6.02. The Kier molecular flexibility index (Phi) is 3.47. The molecule has 0 aliphatic carbocycles. The molecule has 3 nitrogen and oxygen atoms in total. The van der Waals surface area contributed by atoms with Gasteiger partial charge < -0.3 is 0 Å². The van der Waals surface area contributed by atoms with E-state index in [0.717, 1.165) is 13.7 Å². The smallest absolute Gasteiger partial charge is 0.244 e. The number of carbonyl (C=O) groups excluding carboxylic acids is 1.